The minimum absolute atomic E-state index is 0.0968. The van der Waals surface area contributed by atoms with Gasteiger partial charge in [0, 0.05) is 17.5 Å². The number of fused-ring (bicyclic) bond motifs is 3. The second kappa shape index (κ2) is 8.30. The van der Waals surface area contributed by atoms with Crippen molar-refractivity contribution >= 4 is 12.1 Å². The van der Waals surface area contributed by atoms with Crippen molar-refractivity contribution in [3.05, 3.63) is 53.1 Å². The predicted octanol–water partition coefficient (Wildman–Crippen LogP) is 4.13. The van der Waals surface area contributed by atoms with Crippen molar-refractivity contribution in [2.24, 2.45) is 0 Å². The van der Waals surface area contributed by atoms with Gasteiger partial charge in [-0.3, -0.25) is 0 Å². The van der Waals surface area contributed by atoms with Gasteiger partial charge in [-0.15, -0.1) is 0 Å². The molecule has 0 aromatic heterocycles. The summed E-state index contributed by atoms with van der Waals surface area (Å²) in [7, 11) is 1.23. The van der Waals surface area contributed by atoms with E-state index in [1.54, 1.807) is 39.0 Å². The van der Waals surface area contributed by atoms with E-state index in [2.05, 4.69) is 5.32 Å². The average Bonchev–Trinajstić information content (AvgIpc) is 2.66. The second-order valence-electron chi connectivity index (χ2n) is 7.97. The molecular weight excluding hydrogens is 396 g/mol. The lowest BCUT2D eigenvalue weighted by Gasteiger charge is -2.24. The van der Waals surface area contributed by atoms with Crippen LogP contribution in [0.3, 0.4) is 0 Å². The van der Waals surface area contributed by atoms with Gasteiger partial charge in [0.1, 0.15) is 24.0 Å². The van der Waals surface area contributed by atoms with Crippen LogP contribution in [0.1, 0.15) is 31.9 Å². The molecule has 6 nitrogen and oxygen atoms in total. The van der Waals surface area contributed by atoms with E-state index in [4.69, 9.17) is 14.2 Å². The molecule has 30 heavy (non-hydrogen) atoms. The quantitative estimate of drug-likeness (QED) is 0.755. The number of amides is 1. The summed E-state index contributed by atoms with van der Waals surface area (Å²) in [4.78, 5) is 24.2. The molecule has 2 aromatic carbocycles. The number of halogens is 2. The van der Waals surface area contributed by atoms with E-state index in [9.17, 15) is 18.4 Å². The van der Waals surface area contributed by atoms with E-state index in [0.29, 0.717) is 28.0 Å². The molecule has 1 atom stereocenters. The van der Waals surface area contributed by atoms with Gasteiger partial charge in [-0.1, -0.05) is 12.1 Å². The molecule has 0 aliphatic carbocycles. The molecule has 1 aliphatic rings. The maximum atomic E-state index is 13.7. The standard InChI is InChI=1S/C22H23F2NO5/c1-22(2,3)30-21(27)25-18(20(26)28-4)7-12-5-6-14-15-10-17(24)16(23)9-13(15)11-29-19(14)8-12/h5-6,8-10,18H,7,11H2,1-4H3,(H,25,27)/t18-/m0/s1. The van der Waals surface area contributed by atoms with Crippen LogP contribution in [-0.2, 0) is 27.3 Å². The van der Waals surface area contributed by atoms with Gasteiger partial charge >= 0.3 is 12.1 Å². The number of nitrogens with one attached hydrogen (secondary N) is 1. The van der Waals surface area contributed by atoms with Crippen LogP contribution in [-0.4, -0.2) is 30.8 Å². The average molecular weight is 419 g/mol. The van der Waals surface area contributed by atoms with Crippen LogP contribution >= 0.6 is 0 Å². The summed E-state index contributed by atoms with van der Waals surface area (Å²) in [5.74, 6) is -2.00. The Bertz CT molecular complexity index is 984. The Morgan fingerprint density at radius 1 is 1.13 bits per heavy atom. The molecule has 0 radical (unpaired) electrons. The maximum absolute atomic E-state index is 13.7. The van der Waals surface area contributed by atoms with Gasteiger partial charge in [0.25, 0.3) is 0 Å². The molecule has 0 bridgehead atoms. The lowest BCUT2D eigenvalue weighted by Crippen LogP contribution is -2.45. The molecule has 1 aliphatic heterocycles. The van der Waals surface area contributed by atoms with Crippen LogP contribution in [0.25, 0.3) is 11.1 Å². The zero-order chi connectivity index (χ0) is 22.1. The molecule has 1 heterocycles. The summed E-state index contributed by atoms with van der Waals surface area (Å²) in [6.45, 7) is 5.24. The van der Waals surface area contributed by atoms with Crippen molar-refractivity contribution in [1.82, 2.24) is 5.32 Å². The summed E-state index contributed by atoms with van der Waals surface area (Å²) in [6.07, 6.45) is -0.605. The maximum Gasteiger partial charge on any atom is 0.408 e. The smallest absolute Gasteiger partial charge is 0.408 e. The molecule has 0 spiro atoms. The largest absolute Gasteiger partial charge is 0.488 e. The summed E-state index contributed by atoms with van der Waals surface area (Å²) < 4.78 is 42.9. The summed E-state index contributed by atoms with van der Waals surface area (Å²) in [6, 6.07) is 6.44. The molecule has 2 aromatic rings. The van der Waals surface area contributed by atoms with Crippen molar-refractivity contribution in [2.45, 2.75) is 45.4 Å². The topological polar surface area (TPSA) is 73.9 Å². The molecule has 160 valence electrons. The third kappa shape index (κ3) is 4.87. The number of ether oxygens (including phenoxy) is 3. The Labute approximate surface area is 173 Å². The Kier molecular flexibility index (Phi) is 5.96. The van der Waals surface area contributed by atoms with Crippen LogP contribution in [0, 0.1) is 11.6 Å². The fraction of sp³-hybridized carbons (Fsp3) is 0.364. The Morgan fingerprint density at radius 2 is 1.83 bits per heavy atom. The second-order valence-corrected chi connectivity index (χ2v) is 7.97. The number of hydrogen-bond donors (Lipinski definition) is 1. The molecule has 8 heteroatoms. The van der Waals surface area contributed by atoms with Crippen molar-refractivity contribution in [1.29, 1.82) is 0 Å². The number of hydrogen-bond acceptors (Lipinski definition) is 5. The van der Waals surface area contributed by atoms with Gasteiger partial charge in [0.05, 0.1) is 7.11 Å². The number of esters is 1. The fourth-order valence-electron chi connectivity index (χ4n) is 3.17. The monoisotopic (exact) mass is 419 g/mol. The van der Waals surface area contributed by atoms with Crippen LogP contribution in [0.2, 0.25) is 0 Å². The van der Waals surface area contributed by atoms with E-state index >= 15 is 0 Å². The molecular formula is C22H23F2NO5. The molecule has 0 saturated carbocycles. The summed E-state index contributed by atoms with van der Waals surface area (Å²) in [5, 5.41) is 2.51. The highest BCUT2D eigenvalue weighted by Gasteiger charge is 2.26. The van der Waals surface area contributed by atoms with E-state index in [-0.39, 0.29) is 13.0 Å². The molecule has 0 fully saturated rings. The normalized spacial score (nSPS) is 13.4. The first-order valence-corrected chi connectivity index (χ1v) is 9.39. The fourth-order valence-corrected chi connectivity index (χ4v) is 3.17. The molecule has 1 amide bonds. The van der Waals surface area contributed by atoms with Crippen molar-refractivity contribution in [3.63, 3.8) is 0 Å². The lowest BCUT2D eigenvalue weighted by atomic mass is 9.94. The number of benzene rings is 2. The Morgan fingerprint density at radius 3 is 2.50 bits per heavy atom. The highest BCUT2D eigenvalue weighted by Crippen LogP contribution is 2.39. The number of methoxy groups -OCH3 is 1. The summed E-state index contributed by atoms with van der Waals surface area (Å²) >= 11 is 0. The van der Waals surface area contributed by atoms with Gasteiger partial charge in [-0.05, 0) is 50.1 Å². The van der Waals surface area contributed by atoms with E-state index in [0.717, 1.165) is 12.1 Å². The van der Waals surface area contributed by atoms with Gasteiger partial charge in [-0.2, -0.15) is 0 Å². The number of carbonyl (C=O) groups is 2. The van der Waals surface area contributed by atoms with Crippen LogP contribution in [0.15, 0.2) is 30.3 Å². The van der Waals surface area contributed by atoms with Crippen molar-refractivity contribution in [3.8, 4) is 16.9 Å². The minimum Gasteiger partial charge on any atom is -0.488 e. The van der Waals surface area contributed by atoms with Crippen LogP contribution < -0.4 is 10.1 Å². The third-order valence-electron chi connectivity index (χ3n) is 4.48. The van der Waals surface area contributed by atoms with E-state index in [1.165, 1.54) is 7.11 Å². The SMILES string of the molecule is COC(=O)[C@H](Cc1ccc2c(c1)OCc1cc(F)c(F)cc1-2)NC(=O)OC(C)(C)C. The number of rotatable bonds is 4. The van der Waals surface area contributed by atoms with Gasteiger partial charge in [0.2, 0.25) is 0 Å². The van der Waals surface area contributed by atoms with Crippen LogP contribution in [0.4, 0.5) is 13.6 Å². The van der Waals surface area contributed by atoms with Gasteiger partial charge in [-0.25, -0.2) is 18.4 Å². The zero-order valence-electron chi connectivity index (χ0n) is 17.2. The highest BCUT2D eigenvalue weighted by molar-refractivity contribution is 5.82. The first-order chi connectivity index (χ1) is 14.1. The first-order valence-electron chi connectivity index (χ1n) is 9.39. The third-order valence-corrected chi connectivity index (χ3v) is 4.48. The molecule has 3 rings (SSSR count). The highest BCUT2D eigenvalue weighted by atomic mass is 19.2. The molecule has 0 saturated heterocycles. The Balaban J connectivity index is 1.83. The van der Waals surface area contributed by atoms with Crippen LogP contribution in [0.5, 0.6) is 5.75 Å². The van der Waals surface area contributed by atoms with E-state index < -0.39 is 35.3 Å². The summed E-state index contributed by atoms with van der Waals surface area (Å²) in [5.41, 5.74) is 1.69. The van der Waals surface area contributed by atoms with Crippen molar-refractivity contribution in [2.75, 3.05) is 7.11 Å². The number of carbonyl (C=O) groups excluding carboxylic acids is 2. The minimum atomic E-state index is -0.967. The Hall–Kier alpha value is -3.16. The van der Waals surface area contributed by atoms with Gasteiger partial charge < -0.3 is 19.5 Å². The predicted molar refractivity (Wildman–Crippen MR) is 105 cm³/mol. The molecule has 1 N–H and O–H groups in total. The van der Waals surface area contributed by atoms with Gasteiger partial charge in [0.15, 0.2) is 11.6 Å². The van der Waals surface area contributed by atoms with Crippen molar-refractivity contribution < 1.29 is 32.6 Å². The van der Waals surface area contributed by atoms with E-state index in [1.807, 2.05) is 0 Å². The number of alkyl carbamates (subject to hydrolysis) is 1. The zero-order valence-corrected chi connectivity index (χ0v) is 17.2. The first kappa shape index (κ1) is 21.5. The lowest BCUT2D eigenvalue weighted by molar-refractivity contribution is -0.143. The molecule has 0 unspecified atom stereocenters.